The fraction of sp³-hybridized carbons (Fsp3) is 0.444. The van der Waals surface area contributed by atoms with Crippen LogP contribution in [0, 0.1) is 17.8 Å². The summed E-state index contributed by atoms with van der Waals surface area (Å²) in [6, 6.07) is 16.4. The second-order valence-electron chi connectivity index (χ2n) is 9.97. The first-order valence-corrected chi connectivity index (χ1v) is 12.3. The third kappa shape index (κ3) is 3.95. The summed E-state index contributed by atoms with van der Waals surface area (Å²) >= 11 is 0. The first kappa shape index (κ1) is 22.1. The molecule has 8 nitrogen and oxygen atoms in total. The molecule has 2 heterocycles. The van der Waals surface area contributed by atoms with Gasteiger partial charge in [-0.1, -0.05) is 48.5 Å². The largest absolute Gasteiger partial charge is 0.481 e. The highest BCUT2D eigenvalue weighted by Gasteiger charge is 2.61. The Bertz CT molecular complexity index is 1120. The van der Waals surface area contributed by atoms with Crippen LogP contribution < -0.4 is 5.32 Å². The van der Waals surface area contributed by atoms with Crippen LogP contribution in [0.4, 0.5) is 4.79 Å². The number of hydrogen-bond acceptors (Lipinski definition) is 5. The molecule has 0 aromatic heterocycles. The van der Waals surface area contributed by atoms with Crippen LogP contribution in [-0.4, -0.2) is 66.4 Å². The lowest BCUT2D eigenvalue weighted by molar-refractivity contribution is -0.145. The van der Waals surface area contributed by atoms with Crippen molar-refractivity contribution < 1.29 is 29.0 Å². The van der Waals surface area contributed by atoms with E-state index in [0.29, 0.717) is 25.9 Å². The number of rotatable bonds is 6. The van der Waals surface area contributed by atoms with Crippen molar-refractivity contribution in [1.82, 2.24) is 10.2 Å². The molecule has 2 aliphatic heterocycles. The van der Waals surface area contributed by atoms with E-state index < -0.39 is 18.2 Å². The molecule has 4 atom stereocenters. The summed E-state index contributed by atoms with van der Waals surface area (Å²) in [7, 11) is 0. The Hall–Kier alpha value is -3.39. The zero-order valence-electron chi connectivity index (χ0n) is 19.3. The molecule has 1 saturated carbocycles. The SMILES string of the molecule is O=C(NCC1CCC(C(=O)N2CC3C(C2)C3C(=O)O)O1)OCC1c2ccccc2-c2ccccc21. The summed E-state index contributed by atoms with van der Waals surface area (Å²) in [6.45, 7) is 1.54. The molecule has 4 aliphatic rings. The number of piperidine rings is 1. The molecule has 0 radical (unpaired) electrons. The molecule has 0 bridgehead atoms. The molecule has 2 saturated heterocycles. The first-order chi connectivity index (χ1) is 17.0. The second-order valence-corrected chi connectivity index (χ2v) is 9.97. The van der Waals surface area contributed by atoms with Gasteiger partial charge in [0.25, 0.3) is 5.91 Å². The average molecular weight is 477 g/mol. The Morgan fingerprint density at radius 1 is 0.971 bits per heavy atom. The van der Waals surface area contributed by atoms with Crippen molar-refractivity contribution in [3.63, 3.8) is 0 Å². The average Bonchev–Trinajstić information content (AvgIpc) is 3.23. The third-order valence-electron chi connectivity index (χ3n) is 7.99. The molecule has 4 unspecified atom stereocenters. The Balaban J connectivity index is 0.967. The number of aliphatic carboxylic acids is 1. The summed E-state index contributed by atoms with van der Waals surface area (Å²) in [6.07, 6.45) is 0.0192. The van der Waals surface area contributed by atoms with Crippen LogP contribution in [0.3, 0.4) is 0 Å². The fourth-order valence-electron chi connectivity index (χ4n) is 6.16. The highest BCUT2D eigenvalue weighted by atomic mass is 16.5. The lowest BCUT2D eigenvalue weighted by Gasteiger charge is -2.23. The van der Waals surface area contributed by atoms with Gasteiger partial charge in [0.2, 0.25) is 0 Å². The van der Waals surface area contributed by atoms with Gasteiger partial charge in [-0.2, -0.15) is 0 Å². The smallest absolute Gasteiger partial charge is 0.407 e. The maximum atomic E-state index is 12.8. The van der Waals surface area contributed by atoms with Crippen LogP contribution in [0.5, 0.6) is 0 Å². The zero-order valence-corrected chi connectivity index (χ0v) is 19.3. The van der Waals surface area contributed by atoms with Gasteiger partial charge in [0, 0.05) is 25.6 Å². The van der Waals surface area contributed by atoms with E-state index in [2.05, 4.69) is 29.6 Å². The molecule has 0 spiro atoms. The highest BCUT2D eigenvalue weighted by molar-refractivity contribution is 5.83. The molecule has 2 aromatic rings. The van der Waals surface area contributed by atoms with Crippen LogP contribution >= 0.6 is 0 Å². The van der Waals surface area contributed by atoms with E-state index in [1.165, 1.54) is 11.1 Å². The quantitative estimate of drug-likeness (QED) is 0.664. The Morgan fingerprint density at radius 3 is 2.23 bits per heavy atom. The Morgan fingerprint density at radius 2 is 1.60 bits per heavy atom. The Kier molecular flexibility index (Phi) is 5.48. The number of alkyl carbamates (subject to hydrolysis) is 1. The fourth-order valence-corrected chi connectivity index (χ4v) is 6.16. The lowest BCUT2D eigenvalue weighted by Crippen LogP contribution is -2.40. The van der Waals surface area contributed by atoms with E-state index in [4.69, 9.17) is 14.6 Å². The number of amides is 2. The highest BCUT2D eigenvalue weighted by Crippen LogP contribution is 2.52. The van der Waals surface area contributed by atoms with E-state index in [9.17, 15) is 14.4 Å². The van der Waals surface area contributed by atoms with Crippen LogP contribution in [0.1, 0.15) is 29.9 Å². The summed E-state index contributed by atoms with van der Waals surface area (Å²) in [4.78, 5) is 38.1. The molecule has 3 fully saturated rings. The van der Waals surface area contributed by atoms with Gasteiger partial charge >= 0.3 is 12.1 Å². The van der Waals surface area contributed by atoms with Crippen molar-refractivity contribution in [2.75, 3.05) is 26.2 Å². The van der Waals surface area contributed by atoms with Gasteiger partial charge in [0.1, 0.15) is 12.7 Å². The Labute approximate surface area is 203 Å². The first-order valence-electron chi connectivity index (χ1n) is 12.3. The number of benzene rings is 2. The standard InChI is InChI=1S/C27H28N2O6/c30-25(29-12-20-21(13-29)24(20)26(31)32)23-10-9-15(35-23)11-28-27(33)34-14-22-18-7-3-1-5-16(18)17-6-2-4-8-19(17)22/h1-8,15,20-24H,9-14H2,(H,28,33)(H,31,32). The van der Waals surface area contributed by atoms with Crippen molar-refractivity contribution in [2.24, 2.45) is 17.8 Å². The minimum absolute atomic E-state index is 0.00489. The number of carbonyl (C=O) groups is 3. The normalized spacial score (nSPS) is 28.2. The van der Waals surface area contributed by atoms with E-state index in [0.717, 1.165) is 11.1 Å². The van der Waals surface area contributed by atoms with Crippen molar-refractivity contribution in [1.29, 1.82) is 0 Å². The summed E-state index contributed by atoms with van der Waals surface area (Å²) < 4.78 is 11.5. The molecular formula is C27H28N2O6. The van der Waals surface area contributed by atoms with E-state index >= 15 is 0 Å². The summed E-state index contributed by atoms with van der Waals surface area (Å²) in [5, 5.41) is 11.9. The number of carboxylic acids is 1. The van der Waals surface area contributed by atoms with Gasteiger partial charge in [-0.25, -0.2) is 4.79 Å². The van der Waals surface area contributed by atoms with E-state index in [-0.39, 0.29) is 48.8 Å². The molecule has 2 N–H and O–H groups in total. The third-order valence-corrected chi connectivity index (χ3v) is 7.99. The van der Waals surface area contributed by atoms with Crippen LogP contribution in [-0.2, 0) is 19.1 Å². The molecule has 2 aromatic carbocycles. The number of carboxylic acid groups (broad SMARTS) is 1. The molecular weight excluding hydrogens is 448 g/mol. The molecule has 2 aliphatic carbocycles. The number of likely N-dealkylation sites (tertiary alicyclic amines) is 1. The predicted molar refractivity (Wildman–Crippen MR) is 126 cm³/mol. The number of nitrogens with zero attached hydrogens (tertiary/aromatic N) is 1. The maximum Gasteiger partial charge on any atom is 0.407 e. The van der Waals surface area contributed by atoms with Crippen molar-refractivity contribution in [3.05, 3.63) is 59.7 Å². The molecule has 6 rings (SSSR count). The van der Waals surface area contributed by atoms with Gasteiger partial charge in [-0.3, -0.25) is 9.59 Å². The number of fused-ring (bicyclic) bond motifs is 4. The molecule has 35 heavy (non-hydrogen) atoms. The minimum atomic E-state index is -0.761. The zero-order chi connectivity index (χ0) is 24.1. The van der Waals surface area contributed by atoms with Gasteiger partial charge < -0.3 is 24.8 Å². The van der Waals surface area contributed by atoms with Crippen molar-refractivity contribution in [3.8, 4) is 11.1 Å². The minimum Gasteiger partial charge on any atom is -0.481 e. The molecule has 182 valence electrons. The van der Waals surface area contributed by atoms with Crippen LogP contribution in [0.2, 0.25) is 0 Å². The maximum absolute atomic E-state index is 12.8. The lowest BCUT2D eigenvalue weighted by atomic mass is 9.98. The number of ether oxygens (including phenoxy) is 2. The number of carbonyl (C=O) groups excluding carboxylic acids is 2. The molecule has 2 amide bonds. The van der Waals surface area contributed by atoms with Gasteiger partial charge in [0.05, 0.1) is 12.0 Å². The summed E-state index contributed by atoms with van der Waals surface area (Å²) in [5.41, 5.74) is 4.69. The van der Waals surface area contributed by atoms with Crippen molar-refractivity contribution in [2.45, 2.75) is 31.0 Å². The summed E-state index contributed by atoms with van der Waals surface area (Å²) in [5.74, 6) is -0.940. The van der Waals surface area contributed by atoms with Gasteiger partial charge in [-0.15, -0.1) is 0 Å². The van der Waals surface area contributed by atoms with Gasteiger partial charge in [0.15, 0.2) is 0 Å². The van der Waals surface area contributed by atoms with Gasteiger partial charge in [-0.05, 0) is 46.9 Å². The number of nitrogens with one attached hydrogen (secondary N) is 1. The van der Waals surface area contributed by atoms with Crippen LogP contribution in [0.25, 0.3) is 11.1 Å². The van der Waals surface area contributed by atoms with Crippen molar-refractivity contribution >= 4 is 18.0 Å². The second kappa shape index (κ2) is 8.68. The van der Waals surface area contributed by atoms with Crippen LogP contribution in [0.15, 0.2) is 48.5 Å². The predicted octanol–water partition coefficient (Wildman–Crippen LogP) is 2.86. The van der Waals surface area contributed by atoms with E-state index in [1.807, 2.05) is 24.3 Å². The topological polar surface area (TPSA) is 105 Å². The number of hydrogen-bond donors (Lipinski definition) is 2. The van der Waals surface area contributed by atoms with E-state index in [1.54, 1.807) is 4.90 Å². The monoisotopic (exact) mass is 476 g/mol. The molecule has 8 heteroatoms.